The summed E-state index contributed by atoms with van der Waals surface area (Å²) < 4.78 is 44.7. The molecule has 0 spiro atoms. The maximum absolute atomic E-state index is 13.2. The first kappa shape index (κ1) is 21.0. The second kappa shape index (κ2) is 8.14. The number of non-ortho nitro benzene ring substituents is 1. The lowest BCUT2D eigenvalue weighted by Crippen LogP contribution is -2.05. The van der Waals surface area contributed by atoms with Crippen molar-refractivity contribution in [3.05, 3.63) is 82.4 Å². The number of alkyl halides is 3. The van der Waals surface area contributed by atoms with Crippen LogP contribution in [0.2, 0.25) is 0 Å². The van der Waals surface area contributed by atoms with E-state index in [-0.39, 0.29) is 22.9 Å². The number of halogens is 3. The summed E-state index contributed by atoms with van der Waals surface area (Å²) >= 11 is 0. The van der Waals surface area contributed by atoms with Crippen molar-refractivity contribution in [3.8, 4) is 17.1 Å². The Hall–Kier alpha value is -4.21. The Labute approximate surface area is 179 Å². The number of benzene rings is 3. The van der Waals surface area contributed by atoms with Crippen molar-refractivity contribution < 1.29 is 22.8 Å². The fourth-order valence-corrected chi connectivity index (χ4v) is 3.13. The van der Waals surface area contributed by atoms with Gasteiger partial charge in [0.15, 0.2) is 5.82 Å². The van der Waals surface area contributed by atoms with E-state index in [2.05, 4.69) is 15.3 Å². The van der Waals surface area contributed by atoms with Crippen LogP contribution in [-0.4, -0.2) is 22.0 Å². The van der Waals surface area contributed by atoms with Gasteiger partial charge in [0, 0.05) is 34.8 Å². The number of aromatic nitrogens is 2. The summed E-state index contributed by atoms with van der Waals surface area (Å²) in [4.78, 5) is 19.4. The van der Waals surface area contributed by atoms with Crippen LogP contribution in [0, 0.1) is 10.1 Å². The van der Waals surface area contributed by atoms with E-state index in [1.54, 1.807) is 24.3 Å². The van der Waals surface area contributed by atoms with Gasteiger partial charge in [-0.2, -0.15) is 13.2 Å². The first-order valence-electron chi connectivity index (χ1n) is 9.29. The zero-order valence-corrected chi connectivity index (χ0v) is 16.6. The molecule has 0 radical (unpaired) electrons. The fraction of sp³-hybridized carbons (Fsp3) is 0.0909. The lowest BCUT2D eigenvalue weighted by Gasteiger charge is -2.13. The second-order valence-electron chi connectivity index (χ2n) is 6.79. The monoisotopic (exact) mass is 440 g/mol. The van der Waals surface area contributed by atoms with Crippen LogP contribution in [0.4, 0.5) is 30.4 Å². The average Bonchev–Trinajstić information content (AvgIpc) is 2.78. The van der Waals surface area contributed by atoms with Crippen LogP contribution in [-0.2, 0) is 6.18 Å². The molecule has 0 aliphatic carbocycles. The number of nitro benzene ring substituents is 1. The maximum Gasteiger partial charge on any atom is 0.416 e. The molecule has 0 bridgehead atoms. The van der Waals surface area contributed by atoms with E-state index in [0.29, 0.717) is 22.3 Å². The van der Waals surface area contributed by atoms with Gasteiger partial charge in [-0.05, 0) is 30.3 Å². The molecule has 1 aromatic heterocycles. The Morgan fingerprint density at radius 1 is 1.00 bits per heavy atom. The number of ether oxygens (including phenoxy) is 1. The third-order valence-electron chi connectivity index (χ3n) is 4.67. The second-order valence-corrected chi connectivity index (χ2v) is 6.79. The average molecular weight is 440 g/mol. The quantitative estimate of drug-likeness (QED) is 0.303. The number of rotatable bonds is 5. The predicted octanol–water partition coefficient (Wildman–Crippen LogP) is 5.98. The van der Waals surface area contributed by atoms with Crippen LogP contribution in [0.25, 0.3) is 22.3 Å². The largest absolute Gasteiger partial charge is 0.497 e. The number of fused-ring (bicyclic) bond motifs is 1. The minimum atomic E-state index is -4.52. The molecule has 162 valence electrons. The highest BCUT2D eigenvalue weighted by atomic mass is 19.4. The molecule has 32 heavy (non-hydrogen) atoms. The number of anilines is 2. The highest BCUT2D eigenvalue weighted by Crippen LogP contribution is 2.34. The molecule has 0 saturated carbocycles. The third kappa shape index (κ3) is 4.29. The van der Waals surface area contributed by atoms with E-state index in [1.807, 2.05) is 0 Å². The van der Waals surface area contributed by atoms with Gasteiger partial charge in [0.25, 0.3) is 5.69 Å². The van der Waals surface area contributed by atoms with Crippen LogP contribution in [0.1, 0.15) is 5.56 Å². The molecule has 0 aliphatic heterocycles. The Morgan fingerprint density at radius 3 is 2.50 bits per heavy atom. The Bertz CT molecular complexity index is 1330. The van der Waals surface area contributed by atoms with Gasteiger partial charge >= 0.3 is 6.18 Å². The number of hydrogen-bond donors (Lipinski definition) is 1. The van der Waals surface area contributed by atoms with Crippen molar-refractivity contribution >= 4 is 28.1 Å². The van der Waals surface area contributed by atoms with Crippen LogP contribution in [0.3, 0.4) is 0 Å². The molecular weight excluding hydrogens is 425 g/mol. The number of nitro groups is 1. The lowest BCUT2D eigenvalue weighted by molar-refractivity contribution is -0.384. The van der Waals surface area contributed by atoms with E-state index in [4.69, 9.17) is 4.74 Å². The van der Waals surface area contributed by atoms with Crippen molar-refractivity contribution in [2.45, 2.75) is 6.18 Å². The summed E-state index contributed by atoms with van der Waals surface area (Å²) in [7, 11) is 1.51. The topological polar surface area (TPSA) is 90.2 Å². The van der Waals surface area contributed by atoms with Crippen molar-refractivity contribution in [1.82, 2.24) is 9.97 Å². The lowest BCUT2D eigenvalue weighted by atomic mass is 10.1. The predicted molar refractivity (Wildman–Crippen MR) is 113 cm³/mol. The van der Waals surface area contributed by atoms with Gasteiger partial charge in [0.1, 0.15) is 11.6 Å². The Kier molecular flexibility index (Phi) is 5.35. The molecule has 7 nitrogen and oxygen atoms in total. The highest BCUT2D eigenvalue weighted by molar-refractivity contribution is 5.93. The molecule has 0 saturated heterocycles. The summed E-state index contributed by atoms with van der Waals surface area (Å²) in [6.07, 6.45) is -4.52. The molecule has 1 N–H and O–H groups in total. The summed E-state index contributed by atoms with van der Waals surface area (Å²) in [5, 5.41) is 14.7. The third-order valence-corrected chi connectivity index (χ3v) is 4.67. The number of nitrogens with zero attached hydrogens (tertiary/aromatic N) is 3. The molecule has 0 fully saturated rings. The van der Waals surface area contributed by atoms with E-state index in [9.17, 15) is 23.3 Å². The van der Waals surface area contributed by atoms with Gasteiger partial charge in [0.2, 0.25) is 0 Å². The molecule has 0 unspecified atom stereocenters. The minimum absolute atomic E-state index is 0.0443. The molecule has 4 aromatic rings. The zero-order valence-electron chi connectivity index (χ0n) is 16.6. The number of methoxy groups -OCH3 is 1. The summed E-state index contributed by atoms with van der Waals surface area (Å²) in [6.45, 7) is 0. The van der Waals surface area contributed by atoms with Crippen LogP contribution in [0.5, 0.6) is 5.75 Å². The standard InChI is InChI=1S/C22H15F3N4O3/c1-32-17-7-3-6-15(11-17)26-21-18-12-16(29(30)31)8-9-19(18)27-20(28-21)13-4-2-5-14(10-13)22(23,24)25/h2-12H,1H3,(H,26,27,28). The van der Waals surface area contributed by atoms with Crippen LogP contribution in [0.15, 0.2) is 66.7 Å². The molecule has 3 aromatic carbocycles. The Balaban J connectivity index is 1.89. The first-order valence-corrected chi connectivity index (χ1v) is 9.29. The molecule has 0 amide bonds. The van der Waals surface area contributed by atoms with E-state index in [0.717, 1.165) is 12.1 Å². The van der Waals surface area contributed by atoms with Crippen molar-refractivity contribution in [2.24, 2.45) is 0 Å². The fourth-order valence-electron chi connectivity index (χ4n) is 3.13. The van der Waals surface area contributed by atoms with Crippen LogP contribution >= 0.6 is 0 Å². The van der Waals surface area contributed by atoms with Gasteiger partial charge in [0.05, 0.1) is 23.1 Å². The summed E-state index contributed by atoms with van der Waals surface area (Å²) in [5.41, 5.74) is 0.0781. The molecular formula is C22H15F3N4O3. The van der Waals surface area contributed by atoms with Crippen molar-refractivity contribution in [2.75, 3.05) is 12.4 Å². The zero-order chi connectivity index (χ0) is 22.9. The number of hydrogen-bond acceptors (Lipinski definition) is 6. The summed E-state index contributed by atoms with van der Waals surface area (Å²) in [6, 6.07) is 15.6. The van der Waals surface area contributed by atoms with Crippen LogP contribution < -0.4 is 10.1 Å². The first-order chi connectivity index (χ1) is 15.2. The maximum atomic E-state index is 13.2. The Morgan fingerprint density at radius 2 is 1.78 bits per heavy atom. The smallest absolute Gasteiger partial charge is 0.416 e. The van der Waals surface area contributed by atoms with Gasteiger partial charge in [-0.3, -0.25) is 10.1 Å². The molecule has 0 aliphatic rings. The van der Waals surface area contributed by atoms with E-state index in [1.165, 1.54) is 37.4 Å². The highest BCUT2D eigenvalue weighted by Gasteiger charge is 2.30. The van der Waals surface area contributed by atoms with E-state index < -0.39 is 16.7 Å². The summed E-state index contributed by atoms with van der Waals surface area (Å²) in [5.74, 6) is 0.819. The molecule has 0 atom stereocenters. The SMILES string of the molecule is COc1cccc(Nc2nc(-c3cccc(C(F)(F)F)c3)nc3ccc([N+](=O)[O-])cc23)c1. The van der Waals surface area contributed by atoms with Gasteiger partial charge in [-0.25, -0.2) is 9.97 Å². The van der Waals surface area contributed by atoms with Crippen molar-refractivity contribution in [1.29, 1.82) is 0 Å². The van der Waals surface area contributed by atoms with Crippen molar-refractivity contribution in [3.63, 3.8) is 0 Å². The van der Waals surface area contributed by atoms with Gasteiger partial charge < -0.3 is 10.1 Å². The number of nitrogens with one attached hydrogen (secondary N) is 1. The molecule has 4 rings (SSSR count). The normalized spacial score (nSPS) is 11.4. The van der Waals surface area contributed by atoms with Gasteiger partial charge in [-0.1, -0.05) is 18.2 Å². The molecule has 10 heteroatoms. The molecule has 1 heterocycles. The minimum Gasteiger partial charge on any atom is -0.497 e. The van der Waals surface area contributed by atoms with E-state index >= 15 is 0 Å². The van der Waals surface area contributed by atoms with Gasteiger partial charge in [-0.15, -0.1) is 0 Å².